The molecule has 0 unspecified atom stereocenters. The van der Waals surface area contributed by atoms with Gasteiger partial charge in [-0.05, 0) is 19.1 Å². The van der Waals surface area contributed by atoms with Gasteiger partial charge in [0.05, 0.1) is 4.92 Å². The van der Waals surface area contributed by atoms with Gasteiger partial charge in [0.15, 0.2) is 0 Å². The highest BCUT2D eigenvalue weighted by atomic mass is 35.5. The molecular formula is C8H9ClN2O2. The van der Waals surface area contributed by atoms with Gasteiger partial charge in [0.25, 0.3) is 5.69 Å². The molecule has 0 aromatic heterocycles. The molecule has 5 heteroatoms. The number of nitro benzene ring substituents is 1. The number of rotatable bonds is 2. The Bertz CT molecular complexity index is 339. The van der Waals surface area contributed by atoms with Crippen molar-refractivity contribution in [1.29, 1.82) is 0 Å². The molecule has 0 aliphatic carbocycles. The van der Waals surface area contributed by atoms with E-state index in [-0.39, 0.29) is 11.7 Å². The van der Waals surface area contributed by atoms with Crippen molar-refractivity contribution >= 4 is 17.3 Å². The lowest BCUT2D eigenvalue weighted by Crippen LogP contribution is -2.07. The van der Waals surface area contributed by atoms with E-state index in [1.807, 2.05) is 0 Å². The fourth-order valence-electron chi connectivity index (χ4n) is 1.06. The van der Waals surface area contributed by atoms with Crippen molar-refractivity contribution in [2.24, 2.45) is 5.73 Å². The van der Waals surface area contributed by atoms with Gasteiger partial charge >= 0.3 is 0 Å². The Morgan fingerprint density at radius 2 is 2.23 bits per heavy atom. The van der Waals surface area contributed by atoms with Crippen LogP contribution in [0.2, 0.25) is 5.02 Å². The number of nitrogens with two attached hydrogens (primary N) is 1. The Kier molecular flexibility index (Phi) is 2.85. The second-order valence-corrected chi connectivity index (χ2v) is 3.19. The molecule has 1 atom stereocenters. The normalized spacial score (nSPS) is 12.5. The Morgan fingerprint density at radius 1 is 1.62 bits per heavy atom. The van der Waals surface area contributed by atoms with Crippen molar-refractivity contribution in [1.82, 2.24) is 0 Å². The Balaban J connectivity index is 3.27. The molecule has 0 radical (unpaired) electrons. The third-order valence-electron chi connectivity index (χ3n) is 1.68. The number of hydrogen-bond acceptors (Lipinski definition) is 3. The number of hydrogen-bond donors (Lipinski definition) is 1. The van der Waals surface area contributed by atoms with E-state index in [0.717, 1.165) is 0 Å². The third kappa shape index (κ3) is 2.17. The Labute approximate surface area is 80.5 Å². The van der Waals surface area contributed by atoms with Crippen molar-refractivity contribution in [3.8, 4) is 0 Å². The van der Waals surface area contributed by atoms with Crippen molar-refractivity contribution in [2.75, 3.05) is 0 Å². The minimum absolute atomic E-state index is 0.0255. The first-order valence-corrected chi connectivity index (χ1v) is 4.09. The second kappa shape index (κ2) is 3.72. The van der Waals surface area contributed by atoms with Crippen LogP contribution in [0.4, 0.5) is 5.69 Å². The monoisotopic (exact) mass is 200 g/mol. The highest BCUT2D eigenvalue weighted by Crippen LogP contribution is 2.26. The summed E-state index contributed by atoms with van der Waals surface area (Å²) in [6.45, 7) is 1.69. The van der Waals surface area contributed by atoms with Gasteiger partial charge < -0.3 is 5.73 Å². The zero-order valence-corrected chi connectivity index (χ0v) is 7.78. The molecule has 0 spiro atoms. The molecule has 0 aliphatic heterocycles. The fourth-order valence-corrected chi connectivity index (χ4v) is 1.23. The predicted octanol–water partition coefficient (Wildman–Crippen LogP) is 2.27. The van der Waals surface area contributed by atoms with E-state index < -0.39 is 4.92 Å². The molecule has 0 heterocycles. The standard InChI is InChI=1S/C8H9ClN2O2/c1-5(10)7-3-2-6(9)4-8(7)11(12)13/h2-5H,10H2,1H3/t5-/m0/s1. The van der Waals surface area contributed by atoms with Crippen LogP contribution in [0.3, 0.4) is 0 Å². The maximum absolute atomic E-state index is 10.6. The number of nitrogens with zero attached hydrogens (tertiary/aromatic N) is 1. The maximum atomic E-state index is 10.6. The van der Waals surface area contributed by atoms with Crippen LogP contribution in [0.25, 0.3) is 0 Å². The summed E-state index contributed by atoms with van der Waals surface area (Å²) >= 11 is 5.62. The van der Waals surface area contributed by atoms with E-state index >= 15 is 0 Å². The minimum Gasteiger partial charge on any atom is -0.324 e. The molecule has 1 aromatic carbocycles. The van der Waals surface area contributed by atoms with Gasteiger partial charge in [-0.1, -0.05) is 11.6 Å². The van der Waals surface area contributed by atoms with E-state index in [2.05, 4.69) is 0 Å². The van der Waals surface area contributed by atoms with E-state index in [4.69, 9.17) is 17.3 Å². The molecule has 70 valence electrons. The van der Waals surface area contributed by atoms with Crippen LogP contribution >= 0.6 is 11.6 Å². The first-order chi connectivity index (χ1) is 6.02. The lowest BCUT2D eigenvalue weighted by molar-refractivity contribution is -0.385. The molecule has 0 amide bonds. The summed E-state index contributed by atoms with van der Waals surface area (Å²) in [5.74, 6) is 0. The summed E-state index contributed by atoms with van der Waals surface area (Å²) < 4.78 is 0. The number of nitro groups is 1. The maximum Gasteiger partial charge on any atom is 0.275 e. The second-order valence-electron chi connectivity index (χ2n) is 2.75. The van der Waals surface area contributed by atoms with Crippen molar-refractivity contribution in [3.63, 3.8) is 0 Å². The quantitative estimate of drug-likeness (QED) is 0.588. The van der Waals surface area contributed by atoms with Crippen LogP contribution in [0.5, 0.6) is 0 Å². The largest absolute Gasteiger partial charge is 0.324 e. The van der Waals surface area contributed by atoms with E-state index in [1.54, 1.807) is 19.1 Å². The van der Waals surface area contributed by atoms with Crippen molar-refractivity contribution in [3.05, 3.63) is 38.9 Å². The Hall–Kier alpha value is -1.13. The van der Waals surface area contributed by atoms with Gasteiger partial charge in [0.2, 0.25) is 0 Å². The Morgan fingerprint density at radius 3 is 2.69 bits per heavy atom. The van der Waals surface area contributed by atoms with Crippen LogP contribution in [0.1, 0.15) is 18.5 Å². The minimum atomic E-state index is -0.482. The van der Waals surface area contributed by atoms with Crippen LogP contribution in [0.15, 0.2) is 18.2 Å². The molecule has 1 rings (SSSR count). The van der Waals surface area contributed by atoms with Crippen molar-refractivity contribution in [2.45, 2.75) is 13.0 Å². The highest BCUT2D eigenvalue weighted by molar-refractivity contribution is 6.30. The summed E-state index contributed by atoms with van der Waals surface area (Å²) in [5, 5.41) is 10.9. The first-order valence-electron chi connectivity index (χ1n) is 3.72. The molecule has 13 heavy (non-hydrogen) atoms. The number of halogens is 1. The summed E-state index contributed by atoms with van der Waals surface area (Å²) in [6, 6.07) is 4.11. The molecule has 0 bridgehead atoms. The molecule has 0 saturated carbocycles. The average Bonchev–Trinajstić information content (AvgIpc) is 2.03. The van der Waals surface area contributed by atoms with Gasteiger partial charge in [0, 0.05) is 22.7 Å². The first kappa shape index (κ1) is 9.95. The van der Waals surface area contributed by atoms with Gasteiger partial charge in [-0.3, -0.25) is 10.1 Å². The predicted molar refractivity (Wildman–Crippen MR) is 50.7 cm³/mol. The van der Waals surface area contributed by atoms with Gasteiger partial charge in [-0.2, -0.15) is 0 Å². The molecule has 4 nitrogen and oxygen atoms in total. The van der Waals surface area contributed by atoms with E-state index in [1.165, 1.54) is 6.07 Å². The summed E-state index contributed by atoms with van der Waals surface area (Å²) in [5.41, 5.74) is 6.02. The molecule has 0 saturated heterocycles. The van der Waals surface area contributed by atoms with Gasteiger partial charge in [-0.15, -0.1) is 0 Å². The van der Waals surface area contributed by atoms with Gasteiger partial charge in [-0.25, -0.2) is 0 Å². The van der Waals surface area contributed by atoms with Gasteiger partial charge in [0.1, 0.15) is 0 Å². The van der Waals surface area contributed by atoms with Crippen LogP contribution in [-0.4, -0.2) is 4.92 Å². The molecule has 2 N–H and O–H groups in total. The fraction of sp³-hybridized carbons (Fsp3) is 0.250. The van der Waals surface area contributed by atoms with Crippen LogP contribution < -0.4 is 5.73 Å². The summed E-state index contributed by atoms with van der Waals surface area (Å²) in [7, 11) is 0. The lowest BCUT2D eigenvalue weighted by atomic mass is 10.1. The molecule has 1 aromatic rings. The third-order valence-corrected chi connectivity index (χ3v) is 1.91. The zero-order valence-electron chi connectivity index (χ0n) is 7.03. The van der Waals surface area contributed by atoms with E-state index in [9.17, 15) is 10.1 Å². The lowest BCUT2D eigenvalue weighted by Gasteiger charge is -2.05. The van der Waals surface area contributed by atoms with E-state index in [0.29, 0.717) is 10.6 Å². The zero-order chi connectivity index (χ0) is 10.0. The highest BCUT2D eigenvalue weighted by Gasteiger charge is 2.16. The van der Waals surface area contributed by atoms with Crippen molar-refractivity contribution < 1.29 is 4.92 Å². The smallest absolute Gasteiger partial charge is 0.275 e. The molecule has 0 aliphatic rings. The summed E-state index contributed by atoms with van der Waals surface area (Å²) in [4.78, 5) is 10.1. The van der Waals surface area contributed by atoms with Crippen LogP contribution in [-0.2, 0) is 0 Å². The number of benzene rings is 1. The topological polar surface area (TPSA) is 69.2 Å². The molecule has 0 fully saturated rings. The SMILES string of the molecule is C[C@H](N)c1ccc(Cl)cc1[N+](=O)[O-]. The molecular weight excluding hydrogens is 192 g/mol. The average molecular weight is 201 g/mol. The summed E-state index contributed by atoms with van der Waals surface area (Å²) in [6.07, 6.45) is 0. The van der Waals surface area contributed by atoms with Crippen LogP contribution in [0, 0.1) is 10.1 Å².